The number of unbranched alkanes of at least 4 members (excludes halogenated alkanes) is 11. The minimum atomic E-state index is -0.271. The van der Waals surface area contributed by atoms with E-state index in [0.29, 0.717) is 30.7 Å². The lowest BCUT2D eigenvalue weighted by atomic mass is 10.1. The molecule has 0 aromatic heterocycles. The summed E-state index contributed by atoms with van der Waals surface area (Å²) in [7, 11) is 0. The van der Waals surface area contributed by atoms with Crippen LogP contribution in [0.5, 0.6) is 0 Å². The Morgan fingerprint density at radius 2 is 1.36 bits per heavy atom. The molecule has 0 atom stereocenters. The lowest BCUT2D eigenvalue weighted by Gasteiger charge is -2.14. The number of rotatable bonds is 21. The van der Waals surface area contributed by atoms with Crippen LogP contribution in [0.4, 0.5) is 0 Å². The van der Waals surface area contributed by atoms with Crippen molar-refractivity contribution in [3.63, 3.8) is 0 Å². The fourth-order valence-corrected chi connectivity index (χ4v) is 4.41. The number of ether oxygens (including phenoxy) is 1. The second kappa shape index (κ2) is 18.8. The molecule has 1 N–H and O–H groups in total. The average molecular weight is 499 g/mol. The van der Waals surface area contributed by atoms with Gasteiger partial charge in [-0.3, -0.25) is 19.3 Å². The number of carbonyl (C=O) groups is 3. The first-order valence-electron chi connectivity index (χ1n) is 14.1. The van der Waals surface area contributed by atoms with Crippen molar-refractivity contribution in [1.82, 2.24) is 10.2 Å². The highest BCUT2D eigenvalue weighted by atomic mass is 16.5. The van der Waals surface area contributed by atoms with Crippen LogP contribution >= 0.6 is 0 Å². The van der Waals surface area contributed by atoms with Gasteiger partial charge in [0.25, 0.3) is 11.8 Å². The Balaban J connectivity index is 1.35. The lowest BCUT2D eigenvalue weighted by molar-refractivity contribution is -0.121. The van der Waals surface area contributed by atoms with Gasteiger partial charge in [0, 0.05) is 13.0 Å². The van der Waals surface area contributed by atoms with Crippen LogP contribution in [0.3, 0.4) is 0 Å². The van der Waals surface area contributed by atoms with Crippen LogP contribution in [0.2, 0.25) is 0 Å². The van der Waals surface area contributed by atoms with Crippen molar-refractivity contribution < 1.29 is 19.1 Å². The van der Waals surface area contributed by atoms with Gasteiger partial charge in [-0.25, -0.2) is 0 Å². The summed E-state index contributed by atoms with van der Waals surface area (Å²) in [6.45, 7) is 3.53. The Kier molecular flexibility index (Phi) is 15.5. The van der Waals surface area contributed by atoms with Crippen molar-refractivity contribution in [2.75, 3.05) is 26.3 Å². The zero-order valence-electron chi connectivity index (χ0n) is 22.3. The molecule has 1 aromatic carbocycles. The summed E-state index contributed by atoms with van der Waals surface area (Å²) in [6.07, 6.45) is 21.4. The third-order valence-corrected chi connectivity index (χ3v) is 6.57. The predicted octanol–water partition coefficient (Wildman–Crippen LogP) is 6.45. The summed E-state index contributed by atoms with van der Waals surface area (Å²) in [5, 5.41) is 2.87. The molecule has 3 amide bonds. The number of nitrogens with one attached hydrogen (secondary N) is 1. The number of imide groups is 1. The maximum absolute atomic E-state index is 12.3. The fourth-order valence-electron chi connectivity index (χ4n) is 4.41. The molecule has 0 bridgehead atoms. The van der Waals surface area contributed by atoms with Gasteiger partial charge in [0.15, 0.2) is 0 Å². The summed E-state index contributed by atoms with van der Waals surface area (Å²) in [6, 6.07) is 6.84. The Bertz CT molecular complexity index is 786. The number of hydrogen-bond acceptors (Lipinski definition) is 4. The quantitative estimate of drug-likeness (QED) is 0.120. The number of allylic oxidation sites excluding steroid dienone is 2. The highest BCUT2D eigenvalue weighted by Crippen LogP contribution is 2.21. The SMILES string of the molecule is CCCCCCCC/C=C\CCCCCCCC(=O)NCCOCCN1C(=O)c2ccccc2C1=O. The Morgan fingerprint density at radius 3 is 1.97 bits per heavy atom. The second-order valence-corrected chi connectivity index (χ2v) is 9.60. The molecule has 6 nitrogen and oxygen atoms in total. The van der Waals surface area contributed by atoms with E-state index < -0.39 is 0 Å². The van der Waals surface area contributed by atoms with Gasteiger partial charge in [-0.15, -0.1) is 0 Å². The minimum absolute atomic E-state index is 0.0524. The van der Waals surface area contributed by atoms with Gasteiger partial charge in [0.1, 0.15) is 0 Å². The van der Waals surface area contributed by atoms with Crippen LogP contribution < -0.4 is 5.32 Å². The molecule has 6 heteroatoms. The molecule has 36 heavy (non-hydrogen) atoms. The van der Waals surface area contributed by atoms with Gasteiger partial charge in [-0.2, -0.15) is 0 Å². The Morgan fingerprint density at radius 1 is 0.806 bits per heavy atom. The first-order valence-corrected chi connectivity index (χ1v) is 14.1. The lowest BCUT2D eigenvalue weighted by Crippen LogP contribution is -2.34. The number of carbonyl (C=O) groups excluding carboxylic acids is 3. The summed E-state index contributed by atoms with van der Waals surface area (Å²) >= 11 is 0. The molecule has 0 aliphatic carbocycles. The van der Waals surface area contributed by atoms with E-state index in [1.165, 1.54) is 75.5 Å². The van der Waals surface area contributed by atoms with E-state index in [2.05, 4.69) is 24.4 Å². The molecule has 0 fully saturated rings. The number of hydrogen-bond donors (Lipinski definition) is 1. The molecule has 1 heterocycles. The van der Waals surface area contributed by atoms with E-state index in [1.54, 1.807) is 24.3 Å². The molecule has 2 rings (SSSR count). The zero-order valence-corrected chi connectivity index (χ0v) is 22.3. The van der Waals surface area contributed by atoms with E-state index in [0.717, 1.165) is 12.8 Å². The van der Waals surface area contributed by atoms with E-state index in [1.807, 2.05) is 0 Å². The molecular weight excluding hydrogens is 452 g/mol. The van der Waals surface area contributed by atoms with E-state index in [-0.39, 0.29) is 30.9 Å². The first-order chi connectivity index (χ1) is 17.6. The summed E-state index contributed by atoms with van der Waals surface area (Å²) in [5.74, 6) is -0.489. The van der Waals surface area contributed by atoms with Gasteiger partial charge in [-0.05, 0) is 44.2 Å². The molecule has 200 valence electrons. The monoisotopic (exact) mass is 498 g/mol. The smallest absolute Gasteiger partial charge is 0.261 e. The summed E-state index contributed by atoms with van der Waals surface area (Å²) in [4.78, 5) is 37.8. The van der Waals surface area contributed by atoms with Crippen LogP contribution in [-0.4, -0.2) is 48.9 Å². The van der Waals surface area contributed by atoms with Crippen molar-refractivity contribution in [1.29, 1.82) is 0 Å². The van der Waals surface area contributed by atoms with Gasteiger partial charge in [-0.1, -0.05) is 82.6 Å². The van der Waals surface area contributed by atoms with E-state index in [4.69, 9.17) is 4.74 Å². The normalized spacial score (nSPS) is 13.1. The van der Waals surface area contributed by atoms with Crippen LogP contribution in [0.1, 0.15) is 118 Å². The topological polar surface area (TPSA) is 75.7 Å². The van der Waals surface area contributed by atoms with Crippen LogP contribution in [-0.2, 0) is 9.53 Å². The van der Waals surface area contributed by atoms with Crippen molar-refractivity contribution in [3.05, 3.63) is 47.5 Å². The zero-order chi connectivity index (χ0) is 25.8. The number of benzene rings is 1. The molecular formula is C30H46N2O4. The highest BCUT2D eigenvalue weighted by molar-refractivity contribution is 6.21. The first kappa shape index (κ1) is 29.8. The van der Waals surface area contributed by atoms with Crippen molar-refractivity contribution in [3.8, 4) is 0 Å². The van der Waals surface area contributed by atoms with Crippen LogP contribution in [0.25, 0.3) is 0 Å². The molecule has 0 radical (unpaired) electrons. The molecule has 1 aliphatic rings. The third-order valence-electron chi connectivity index (χ3n) is 6.57. The average Bonchev–Trinajstić information content (AvgIpc) is 3.13. The molecule has 0 unspecified atom stereocenters. The summed E-state index contributed by atoms with van der Waals surface area (Å²) in [5.41, 5.74) is 0.899. The van der Waals surface area contributed by atoms with E-state index in [9.17, 15) is 14.4 Å². The molecule has 1 aromatic rings. The Labute approximate surface area is 217 Å². The minimum Gasteiger partial charge on any atom is -0.378 e. The summed E-state index contributed by atoms with van der Waals surface area (Å²) < 4.78 is 5.51. The van der Waals surface area contributed by atoms with Gasteiger partial charge in [0.05, 0.1) is 30.9 Å². The molecule has 1 aliphatic heterocycles. The maximum Gasteiger partial charge on any atom is 0.261 e. The largest absolute Gasteiger partial charge is 0.378 e. The van der Waals surface area contributed by atoms with Crippen molar-refractivity contribution in [2.24, 2.45) is 0 Å². The van der Waals surface area contributed by atoms with Gasteiger partial charge < -0.3 is 10.1 Å². The molecule has 0 spiro atoms. The predicted molar refractivity (Wildman–Crippen MR) is 145 cm³/mol. The maximum atomic E-state index is 12.3. The highest BCUT2D eigenvalue weighted by Gasteiger charge is 2.34. The standard InChI is InChI=1S/C30H46N2O4/c1-2-3-4-5-6-7-8-9-10-11-12-13-14-15-16-21-28(33)31-22-24-36-25-23-32-29(34)26-19-17-18-20-27(26)30(32)35/h9-10,17-20H,2-8,11-16,21-25H2,1H3,(H,31,33)/b10-9-. The number of nitrogens with zero attached hydrogens (tertiary/aromatic N) is 1. The third kappa shape index (κ3) is 11.5. The van der Waals surface area contributed by atoms with E-state index >= 15 is 0 Å². The number of fused-ring (bicyclic) bond motifs is 1. The Hall–Kier alpha value is -2.47. The van der Waals surface area contributed by atoms with Crippen LogP contribution in [0.15, 0.2) is 36.4 Å². The molecule has 0 saturated carbocycles. The fraction of sp³-hybridized carbons (Fsp3) is 0.633. The van der Waals surface area contributed by atoms with Crippen LogP contribution in [0, 0.1) is 0 Å². The molecule has 0 saturated heterocycles. The van der Waals surface area contributed by atoms with Gasteiger partial charge in [0.2, 0.25) is 5.91 Å². The van der Waals surface area contributed by atoms with Crippen molar-refractivity contribution >= 4 is 17.7 Å². The number of amides is 3. The van der Waals surface area contributed by atoms with Gasteiger partial charge >= 0.3 is 0 Å². The van der Waals surface area contributed by atoms with Crippen molar-refractivity contribution in [2.45, 2.75) is 96.8 Å². The second-order valence-electron chi connectivity index (χ2n) is 9.60.